The zero-order valence-electron chi connectivity index (χ0n) is 14.8. The lowest BCUT2D eigenvalue weighted by Gasteiger charge is -2.56. The summed E-state index contributed by atoms with van der Waals surface area (Å²) in [6, 6.07) is 1.75. The minimum Gasteiger partial charge on any atom is -0.481 e. The molecular formula is C17H28N4O3. The number of anilines is 1. The van der Waals surface area contributed by atoms with Crippen molar-refractivity contribution in [2.75, 3.05) is 52.3 Å². The quantitative estimate of drug-likeness (QED) is 0.823. The molecule has 0 unspecified atom stereocenters. The van der Waals surface area contributed by atoms with Crippen LogP contribution in [0.3, 0.4) is 0 Å². The molecule has 2 fully saturated rings. The molecule has 1 aromatic rings. The third-order valence-electron chi connectivity index (χ3n) is 5.40. The van der Waals surface area contributed by atoms with Gasteiger partial charge in [0.05, 0.1) is 25.9 Å². The number of likely N-dealkylation sites (N-methyl/N-ethyl adjacent to an activating group) is 1. The molecule has 1 saturated heterocycles. The van der Waals surface area contributed by atoms with Gasteiger partial charge in [-0.1, -0.05) is 0 Å². The average Bonchev–Trinajstić information content (AvgIpc) is 2.61. The molecule has 24 heavy (non-hydrogen) atoms. The van der Waals surface area contributed by atoms with E-state index in [0.29, 0.717) is 11.8 Å². The molecule has 2 heterocycles. The number of ether oxygens (including phenoxy) is 2. The van der Waals surface area contributed by atoms with Gasteiger partial charge in [0.1, 0.15) is 0 Å². The molecule has 1 aromatic heterocycles. The zero-order chi connectivity index (χ0) is 17.2. The minimum absolute atomic E-state index is 0.0956. The summed E-state index contributed by atoms with van der Waals surface area (Å²) in [6.07, 6.45) is 4.19. The Morgan fingerprint density at radius 3 is 2.75 bits per heavy atom. The van der Waals surface area contributed by atoms with Gasteiger partial charge in [0.25, 0.3) is 0 Å². The van der Waals surface area contributed by atoms with E-state index in [9.17, 15) is 5.11 Å². The fourth-order valence-electron chi connectivity index (χ4n) is 3.71. The van der Waals surface area contributed by atoms with E-state index in [1.54, 1.807) is 19.4 Å². The van der Waals surface area contributed by atoms with Crippen molar-refractivity contribution in [3.63, 3.8) is 0 Å². The van der Waals surface area contributed by atoms with Crippen LogP contribution in [0.1, 0.15) is 19.3 Å². The standard InChI is InChI=1S/C17H28N4O3/c1-20(2)10-11-24-14-12-13(22)17(14)5-8-21(9-6-17)16-18-7-4-15(19-16)23-3/h4,7,13-14,22H,5-6,8-12H2,1-3H3/t13-,14+/m0/s1. The van der Waals surface area contributed by atoms with Crippen LogP contribution in [0.5, 0.6) is 5.88 Å². The largest absolute Gasteiger partial charge is 0.481 e. The number of hydrogen-bond acceptors (Lipinski definition) is 7. The monoisotopic (exact) mass is 336 g/mol. The number of nitrogens with zero attached hydrogens (tertiary/aromatic N) is 4. The third kappa shape index (κ3) is 3.34. The number of aromatic nitrogens is 2. The van der Waals surface area contributed by atoms with Crippen LogP contribution in [0.15, 0.2) is 12.3 Å². The maximum atomic E-state index is 10.4. The Balaban J connectivity index is 1.58. The second-order valence-corrected chi connectivity index (χ2v) is 7.03. The molecule has 1 spiro atoms. The number of piperidine rings is 1. The van der Waals surface area contributed by atoms with E-state index in [-0.39, 0.29) is 17.6 Å². The highest BCUT2D eigenvalue weighted by Gasteiger charge is 2.56. The first-order valence-electron chi connectivity index (χ1n) is 8.61. The second kappa shape index (κ2) is 7.21. The van der Waals surface area contributed by atoms with Gasteiger partial charge in [0, 0.05) is 43.7 Å². The van der Waals surface area contributed by atoms with Crippen molar-refractivity contribution >= 4 is 5.95 Å². The third-order valence-corrected chi connectivity index (χ3v) is 5.40. The Hall–Kier alpha value is -1.44. The number of hydrogen-bond donors (Lipinski definition) is 1. The predicted octanol–water partition coefficient (Wildman–Crippen LogP) is 0.783. The predicted molar refractivity (Wildman–Crippen MR) is 91.4 cm³/mol. The van der Waals surface area contributed by atoms with Gasteiger partial charge >= 0.3 is 0 Å². The molecule has 2 aliphatic rings. The van der Waals surface area contributed by atoms with Crippen molar-refractivity contribution in [3.05, 3.63) is 12.3 Å². The Labute approximate surface area is 143 Å². The average molecular weight is 336 g/mol. The van der Waals surface area contributed by atoms with Crippen LogP contribution < -0.4 is 9.64 Å². The highest BCUT2D eigenvalue weighted by atomic mass is 16.5. The summed E-state index contributed by atoms with van der Waals surface area (Å²) in [6.45, 7) is 3.29. The molecule has 1 aliphatic heterocycles. The molecule has 3 rings (SSSR count). The lowest BCUT2D eigenvalue weighted by Crippen LogP contribution is -2.62. The molecule has 1 N–H and O–H groups in total. The second-order valence-electron chi connectivity index (χ2n) is 7.03. The first kappa shape index (κ1) is 17.4. The molecule has 1 aliphatic carbocycles. The number of aliphatic hydroxyl groups excluding tert-OH is 1. The van der Waals surface area contributed by atoms with E-state index in [1.807, 2.05) is 14.1 Å². The summed E-state index contributed by atoms with van der Waals surface area (Å²) in [5.74, 6) is 1.27. The topological polar surface area (TPSA) is 71.0 Å². The SMILES string of the molecule is COc1ccnc(N2CCC3(CC2)[C@@H](O)C[C@H]3OCCN(C)C)n1. The molecule has 1 saturated carbocycles. The summed E-state index contributed by atoms with van der Waals surface area (Å²) < 4.78 is 11.2. The highest BCUT2D eigenvalue weighted by Crippen LogP contribution is 2.51. The van der Waals surface area contributed by atoms with Crippen LogP contribution in [0.25, 0.3) is 0 Å². The Kier molecular flexibility index (Phi) is 5.22. The molecule has 134 valence electrons. The van der Waals surface area contributed by atoms with Gasteiger partial charge in [-0.2, -0.15) is 4.98 Å². The van der Waals surface area contributed by atoms with Crippen molar-refractivity contribution in [2.24, 2.45) is 5.41 Å². The van der Waals surface area contributed by atoms with E-state index in [2.05, 4.69) is 19.8 Å². The van der Waals surface area contributed by atoms with E-state index < -0.39 is 0 Å². The Morgan fingerprint density at radius 2 is 2.12 bits per heavy atom. The maximum absolute atomic E-state index is 10.4. The lowest BCUT2D eigenvalue weighted by atomic mass is 9.58. The first-order chi connectivity index (χ1) is 11.5. The minimum atomic E-state index is -0.254. The van der Waals surface area contributed by atoms with E-state index in [4.69, 9.17) is 9.47 Å². The Morgan fingerprint density at radius 1 is 1.38 bits per heavy atom. The number of rotatable bonds is 6. The van der Waals surface area contributed by atoms with Crippen LogP contribution in [0.4, 0.5) is 5.95 Å². The van der Waals surface area contributed by atoms with E-state index in [0.717, 1.165) is 45.5 Å². The summed E-state index contributed by atoms with van der Waals surface area (Å²) in [5.41, 5.74) is -0.0956. The molecule has 2 atom stereocenters. The molecule has 7 nitrogen and oxygen atoms in total. The highest BCUT2D eigenvalue weighted by molar-refractivity contribution is 5.33. The van der Waals surface area contributed by atoms with Crippen LogP contribution in [0, 0.1) is 5.41 Å². The number of aliphatic hydroxyl groups is 1. The maximum Gasteiger partial charge on any atom is 0.228 e. The summed E-state index contributed by atoms with van der Waals surface area (Å²) in [4.78, 5) is 13.0. The molecule has 7 heteroatoms. The molecule has 0 radical (unpaired) electrons. The van der Waals surface area contributed by atoms with Crippen molar-refractivity contribution in [1.82, 2.24) is 14.9 Å². The Bertz CT molecular complexity index is 546. The van der Waals surface area contributed by atoms with Crippen LogP contribution >= 0.6 is 0 Å². The first-order valence-corrected chi connectivity index (χ1v) is 8.61. The number of methoxy groups -OCH3 is 1. The summed E-state index contributed by atoms with van der Waals surface area (Å²) in [7, 11) is 5.69. The van der Waals surface area contributed by atoms with Gasteiger partial charge in [-0.05, 0) is 26.9 Å². The van der Waals surface area contributed by atoms with Gasteiger partial charge in [-0.25, -0.2) is 4.98 Å². The van der Waals surface area contributed by atoms with Crippen molar-refractivity contribution < 1.29 is 14.6 Å². The molecule has 0 aromatic carbocycles. The zero-order valence-corrected chi connectivity index (χ0v) is 14.8. The molecular weight excluding hydrogens is 308 g/mol. The smallest absolute Gasteiger partial charge is 0.228 e. The molecule has 0 amide bonds. The van der Waals surface area contributed by atoms with Gasteiger partial charge in [0.15, 0.2) is 0 Å². The molecule has 0 bridgehead atoms. The normalized spacial score (nSPS) is 25.8. The van der Waals surface area contributed by atoms with Crippen molar-refractivity contribution in [2.45, 2.75) is 31.5 Å². The van der Waals surface area contributed by atoms with Gasteiger partial charge in [-0.3, -0.25) is 0 Å². The van der Waals surface area contributed by atoms with Crippen molar-refractivity contribution in [1.29, 1.82) is 0 Å². The van der Waals surface area contributed by atoms with Gasteiger partial charge in [-0.15, -0.1) is 0 Å². The van der Waals surface area contributed by atoms with Crippen LogP contribution in [-0.4, -0.2) is 79.6 Å². The summed E-state index contributed by atoms with van der Waals surface area (Å²) in [5, 5.41) is 10.4. The van der Waals surface area contributed by atoms with Gasteiger partial charge in [0.2, 0.25) is 11.8 Å². The lowest BCUT2D eigenvalue weighted by molar-refractivity contribution is -0.202. The van der Waals surface area contributed by atoms with E-state index >= 15 is 0 Å². The summed E-state index contributed by atoms with van der Waals surface area (Å²) >= 11 is 0. The fraction of sp³-hybridized carbons (Fsp3) is 0.765. The van der Waals surface area contributed by atoms with Crippen LogP contribution in [0.2, 0.25) is 0 Å². The van der Waals surface area contributed by atoms with E-state index in [1.165, 1.54) is 0 Å². The van der Waals surface area contributed by atoms with Crippen molar-refractivity contribution in [3.8, 4) is 5.88 Å². The van der Waals surface area contributed by atoms with Crippen LogP contribution in [-0.2, 0) is 4.74 Å². The fourth-order valence-corrected chi connectivity index (χ4v) is 3.71. The van der Waals surface area contributed by atoms with Gasteiger partial charge < -0.3 is 24.4 Å².